The van der Waals surface area contributed by atoms with Crippen molar-refractivity contribution in [3.63, 3.8) is 0 Å². The summed E-state index contributed by atoms with van der Waals surface area (Å²) in [5, 5.41) is 33.5. The van der Waals surface area contributed by atoms with E-state index in [-0.39, 0.29) is 32.2 Å². The van der Waals surface area contributed by atoms with E-state index in [2.05, 4.69) is 15.3 Å². The SMILES string of the molecule is O=C(O)C=Cc1ccc(O)cc1.OCCONOCCO. The molecule has 0 saturated heterocycles. The Morgan fingerprint density at radius 2 is 1.62 bits per heavy atom. The van der Waals surface area contributed by atoms with Gasteiger partial charge in [0, 0.05) is 6.08 Å². The zero-order valence-corrected chi connectivity index (χ0v) is 11.3. The summed E-state index contributed by atoms with van der Waals surface area (Å²) in [6.45, 7) is 0.224. The lowest BCUT2D eigenvalue weighted by Gasteiger charge is -2.01. The van der Waals surface area contributed by atoms with E-state index in [1.807, 2.05) is 0 Å². The van der Waals surface area contributed by atoms with Crippen LogP contribution in [0.25, 0.3) is 6.08 Å². The quantitative estimate of drug-likeness (QED) is 0.256. The summed E-state index contributed by atoms with van der Waals surface area (Å²) in [6, 6.07) is 6.27. The first-order chi connectivity index (χ1) is 10.1. The number of aliphatic hydroxyl groups is 2. The molecule has 1 aromatic rings. The predicted octanol–water partition coefficient (Wildman–Crippen LogP) is -0.0862. The average molecular weight is 301 g/mol. The van der Waals surface area contributed by atoms with Crippen molar-refractivity contribution in [2.45, 2.75) is 0 Å². The molecule has 5 N–H and O–H groups in total. The van der Waals surface area contributed by atoms with Gasteiger partial charge in [-0.1, -0.05) is 17.8 Å². The van der Waals surface area contributed by atoms with Crippen LogP contribution in [0.5, 0.6) is 5.75 Å². The molecule has 0 spiro atoms. The highest BCUT2D eigenvalue weighted by atomic mass is 16.9. The van der Waals surface area contributed by atoms with Crippen LogP contribution < -0.4 is 5.64 Å². The fourth-order valence-electron chi connectivity index (χ4n) is 0.969. The number of rotatable bonds is 8. The number of aliphatic carboxylic acids is 1. The van der Waals surface area contributed by atoms with Crippen LogP contribution in [0.1, 0.15) is 5.56 Å². The molecule has 0 aromatic heterocycles. The summed E-state index contributed by atoms with van der Waals surface area (Å²) < 4.78 is 0. The molecule has 0 bridgehead atoms. The topological polar surface area (TPSA) is 128 Å². The summed E-state index contributed by atoms with van der Waals surface area (Å²) in [6.07, 6.45) is 2.51. The number of hydrogen-bond donors (Lipinski definition) is 5. The predicted molar refractivity (Wildman–Crippen MR) is 74.0 cm³/mol. The van der Waals surface area contributed by atoms with Crippen LogP contribution in [0, 0.1) is 0 Å². The zero-order chi connectivity index (χ0) is 15.9. The summed E-state index contributed by atoms with van der Waals surface area (Å²) in [5.74, 6) is -0.814. The number of phenols is 1. The molecule has 0 atom stereocenters. The first kappa shape index (κ1) is 19.0. The number of aliphatic hydroxyl groups excluding tert-OH is 2. The van der Waals surface area contributed by atoms with E-state index in [1.54, 1.807) is 12.1 Å². The number of carbonyl (C=O) groups is 1. The maximum atomic E-state index is 10.1. The molecule has 21 heavy (non-hydrogen) atoms. The fraction of sp³-hybridized carbons (Fsp3) is 0.308. The number of phenolic OH excluding ortho intramolecular Hbond substituents is 1. The van der Waals surface area contributed by atoms with Crippen molar-refractivity contribution < 1.29 is 34.9 Å². The second-order valence-corrected chi connectivity index (χ2v) is 3.49. The number of carboxylic acids is 1. The van der Waals surface area contributed by atoms with E-state index < -0.39 is 5.97 Å². The molecule has 0 fully saturated rings. The third-order valence-corrected chi connectivity index (χ3v) is 1.82. The Hall–Kier alpha value is -1.97. The van der Waals surface area contributed by atoms with Crippen molar-refractivity contribution in [2.24, 2.45) is 0 Å². The Bertz CT molecular complexity index is 399. The highest BCUT2D eigenvalue weighted by Gasteiger charge is 1.89. The highest BCUT2D eigenvalue weighted by Crippen LogP contribution is 2.10. The van der Waals surface area contributed by atoms with Crippen LogP contribution in [0.4, 0.5) is 0 Å². The second-order valence-electron chi connectivity index (χ2n) is 3.49. The highest BCUT2D eigenvalue weighted by molar-refractivity contribution is 5.85. The Labute approximate surface area is 121 Å². The molecule has 1 rings (SSSR count). The number of benzene rings is 1. The largest absolute Gasteiger partial charge is 0.508 e. The maximum Gasteiger partial charge on any atom is 0.328 e. The van der Waals surface area contributed by atoms with Gasteiger partial charge in [0.2, 0.25) is 0 Å². The summed E-state index contributed by atoms with van der Waals surface area (Å²) >= 11 is 0. The van der Waals surface area contributed by atoms with Gasteiger partial charge in [0.25, 0.3) is 0 Å². The Balaban J connectivity index is 0.000000400. The van der Waals surface area contributed by atoms with Gasteiger partial charge in [-0.3, -0.25) is 9.68 Å². The van der Waals surface area contributed by atoms with Gasteiger partial charge in [0.15, 0.2) is 0 Å². The van der Waals surface area contributed by atoms with Crippen LogP contribution in [0.3, 0.4) is 0 Å². The molecule has 0 aliphatic carbocycles. The van der Waals surface area contributed by atoms with E-state index in [1.165, 1.54) is 18.2 Å². The second kappa shape index (κ2) is 13.0. The number of carboxylic acid groups (broad SMARTS) is 1. The van der Waals surface area contributed by atoms with Gasteiger partial charge < -0.3 is 20.4 Å². The first-order valence-corrected chi connectivity index (χ1v) is 6.00. The standard InChI is InChI=1S/C9H8O3.C4H11NO4/c10-8-4-1-7(2-5-8)3-6-9(11)12;6-1-3-8-5-9-4-2-7/h1-6,10H,(H,11,12);5-7H,1-4H2. The molecule has 0 unspecified atom stereocenters. The first-order valence-electron chi connectivity index (χ1n) is 6.00. The zero-order valence-electron chi connectivity index (χ0n) is 11.3. The van der Waals surface area contributed by atoms with E-state index >= 15 is 0 Å². The molecular formula is C13H19NO7. The van der Waals surface area contributed by atoms with Crippen LogP contribution >= 0.6 is 0 Å². The van der Waals surface area contributed by atoms with Crippen molar-refractivity contribution in [3.05, 3.63) is 35.9 Å². The minimum absolute atomic E-state index is 0.0600. The van der Waals surface area contributed by atoms with E-state index in [4.69, 9.17) is 20.4 Å². The fourth-order valence-corrected chi connectivity index (χ4v) is 0.969. The van der Waals surface area contributed by atoms with Gasteiger partial charge in [-0.15, -0.1) is 0 Å². The van der Waals surface area contributed by atoms with Crippen LogP contribution in [-0.2, 0) is 14.5 Å². The molecule has 0 heterocycles. The van der Waals surface area contributed by atoms with Crippen LogP contribution in [-0.4, -0.2) is 52.8 Å². The van der Waals surface area contributed by atoms with Gasteiger partial charge >= 0.3 is 5.97 Å². The Morgan fingerprint density at radius 3 is 2.05 bits per heavy atom. The smallest absolute Gasteiger partial charge is 0.328 e. The lowest BCUT2D eigenvalue weighted by atomic mass is 10.2. The molecular weight excluding hydrogens is 282 g/mol. The molecule has 8 nitrogen and oxygen atoms in total. The Kier molecular flexibility index (Phi) is 11.8. The van der Waals surface area contributed by atoms with Crippen molar-refractivity contribution in [1.82, 2.24) is 5.64 Å². The molecule has 0 radical (unpaired) electrons. The van der Waals surface area contributed by atoms with Crippen LogP contribution in [0.15, 0.2) is 30.3 Å². The van der Waals surface area contributed by atoms with Crippen molar-refractivity contribution >= 4 is 12.0 Å². The van der Waals surface area contributed by atoms with Gasteiger partial charge in [-0.25, -0.2) is 4.79 Å². The lowest BCUT2D eigenvalue weighted by Crippen LogP contribution is -2.19. The Morgan fingerprint density at radius 1 is 1.10 bits per heavy atom. The number of aromatic hydroxyl groups is 1. The van der Waals surface area contributed by atoms with Gasteiger partial charge in [-0.05, 0) is 23.8 Å². The minimum atomic E-state index is -0.983. The maximum absolute atomic E-state index is 10.1. The molecule has 8 heteroatoms. The monoisotopic (exact) mass is 301 g/mol. The molecule has 0 aliphatic heterocycles. The molecule has 0 amide bonds. The van der Waals surface area contributed by atoms with Crippen molar-refractivity contribution in [3.8, 4) is 5.75 Å². The van der Waals surface area contributed by atoms with Gasteiger partial charge in [-0.2, -0.15) is 0 Å². The minimum Gasteiger partial charge on any atom is -0.508 e. The molecule has 1 aromatic carbocycles. The van der Waals surface area contributed by atoms with E-state index in [0.29, 0.717) is 0 Å². The lowest BCUT2D eigenvalue weighted by molar-refractivity contribution is -0.178. The summed E-state index contributed by atoms with van der Waals surface area (Å²) in [7, 11) is 0. The summed E-state index contributed by atoms with van der Waals surface area (Å²) in [5.41, 5.74) is 2.81. The van der Waals surface area contributed by atoms with Crippen LogP contribution in [0.2, 0.25) is 0 Å². The van der Waals surface area contributed by atoms with Gasteiger partial charge in [0.05, 0.1) is 26.4 Å². The third kappa shape index (κ3) is 12.8. The van der Waals surface area contributed by atoms with E-state index in [0.717, 1.165) is 11.6 Å². The number of nitrogens with one attached hydrogen (secondary N) is 1. The third-order valence-electron chi connectivity index (χ3n) is 1.82. The average Bonchev–Trinajstić information content (AvgIpc) is 2.47. The van der Waals surface area contributed by atoms with Gasteiger partial charge in [0.1, 0.15) is 5.75 Å². The molecule has 0 aliphatic rings. The van der Waals surface area contributed by atoms with Crippen molar-refractivity contribution in [1.29, 1.82) is 0 Å². The normalized spacial score (nSPS) is 10.2. The number of hydrogen-bond acceptors (Lipinski definition) is 7. The summed E-state index contributed by atoms with van der Waals surface area (Å²) in [4.78, 5) is 19.0. The van der Waals surface area contributed by atoms with E-state index in [9.17, 15) is 4.79 Å². The van der Waals surface area contributed by atoms with Crippen molar-refractivity contribution in [2.75, 3.05) is 26.4 Å². The molecule has 118 valence electrons. The molecule has 0 saturated carbocycles.